The molecular formula is C19H16F3N3OS. The molecule has 2 aromatic carbocycles. The molecule has 1 aliphatic rings. The normalized spacial score (nSPS) is 19.4. The summed E-state index contributed by atoms with van der Waals surface area (Å²) in [4.78, 5) is 0. The van der Waals surface area contributed by atoms with E-state index in [9.17, 15) is 13.2 Å². The average molecular weight is 391 g/mol. The first-order chi connectivity index (χ1) is 13.1. The van der Waals surface area contributed by atoms with Gasteiger partial charge >= 0.3 is 0 Å². The van der Waals surface area contributed by atoms with Crippen molar-refractivity contribution in [2.24, 2.45) is 0 Å². The van der Waals surface area contributed by atoms with Gasteiger partial charge in [0, 0.05) is 13.0 Å². The topological polar surface area (TPSA) is 47.0 Å². The van der Waals surface area contributed by atoms with Crippen LogP contribution in [-0.2, 0) is 11.2 Å². The Morgan fingerprint density at radius 2 is 1.89 bits per heavy atom. The standard InChI is InChI=1S/C19H16F3N3OS/c20-13-4-2-1-3-11(13)10-17-24-25-19(27-17)23-16-7-8-26-18(16)12-5-6-14(21)15(22)9-12/h1-6,9,16,18H,7-8,10H2,(H,23,25). The third-order valence-electron chi connectivity index (χ3n) is 4.44. The summed E-state index contributed by atoms with van der Waals surface area (Å²) in [6.45, 7) is 0.502. The van der Waals surface area contributed by atoms with Crippen LogP contribution in [-0.4, -0.2) is 22.8 Å². The Labute approximate surface area is 158 Å². The molecule has 2 heterocycles. The van der Waals surface area contributed by atoms with Crippen molar-refractivity contribution in [1.82, 2.24) is 10.2 Å². The van der Waals surface area contributed by atoms with Gasteiger partial charge in [-0.2, -0.15) is 0 Å². The molecule has 4 rings (SSSR count). The Morgan fingerprint density at radius 1 is 1.04 bits per heavy atom. The molecule has 27 heavy (non-hydrogen) atoms. The number of benzene rings is 2. The first-order valence-electron chi connectivity index (χ1n) is 8.49. The van der Waals surface area contributed by atoms with Crippen molar-refractivity contribution in [3.63, 3.8) is 0 Å². The van der Waals surface area contributed by atoms with Crippen molar-refractivity contribution in [3.05, 3.63) is 76.1 Å². The summed E-state index contributed by atoms with van der Waals surface area (Å²) in [6, 6.07) is 10.2. The zero-order valence-corrected chi connectivity index (χ0v) is 15.0. The second-order valence-electron chi connectivity index (χ2n) is 6.27. The summed E-state index contributed by atoms with van der Waals surface area (Å²) >= 11 is 1.34. The largest absolute Gasteiger partial charge is 0.371 e. The lowest BCUT2D eigenvalue weighted by Crippen LogP contribution is -2.23. The molecule has 0 radical (unpaired) electrons. The van der Waals surface area contributed by atoms with Crippen LogP contribution in [0.2, 0.25) is 0 Å². The lowest BCUT2D eigenvalue weighted by atomic mass is 10.0. The van der Waals surface area contributed by atoms with E-state index in [2.05, 4.69) is 15.5 Å². The lowest BCUT2D eigenvalue weighted by Gasteiger charge is -2.19. The fraction of sp³-hybridized carbons (Fsp3) is 0.263. The molecule has 4 nitrogen and oxygen atoms in total. The molecule has 2 unspecified atom stereocenters. The summed E-state index contributed by atoms with van der Waals surface area (Å²) in [5, 5.41) is 12.7. The fourth-order valence-corrected chi connectivity index (χ4v) is 3.93. The number of aromatic nitrogens is 2. The Morgan fingerprint density at radius 3 is 2.70 bits per heavy atom. The maximum Gasteiger partial charge on any atom is 0.206 e. The van der Waals surface area contributed by atoms with Crippen molar-refractivity contribution in [3.8, 4) is 0 Å². The van der Waals surface area contributed by atoms with Gasteiger partial charge in [0.2, 0.25) is 5.13 Å². The first kappa shape index (κ1) is 17.9. The summed E-state index contributed by atoms with van der Waals surface area (Å²) < 4.78 is 46.2. The smallest absolute Gasteiger partial charge is 0.206 e. The van der Waals surface area contributed by atoms with Crippen LogP contribution in [0.25, 0.3) is 0 Å². The highest BCUT2D eigenvalue weighted by Gasteiger charge is 2.31. The molecule has 1 aromatic heterocycles. The molecule has 1 saturated heterocycles. The first-order valence-corrected chi connectivity index (χ1v) is 9.30. The second kappa shape index (κ2) is 7.66. The van der Waals surface area contributed by atoms with Crippen LogP contribution in [0.15, 0.2) is 42.5 Å². The highest BCUT2D eigenvalue weighted by molar-refractivity contribution is 7.15. The Balaban J connectivity index is 1.46. The quantitative estimate of drug-likeness (QED) is 0.696. The average Bonchev–Trinajstić information content (AvgIpc) is 3.29. The summed E-state index contributed by atoms with van der Waals surface area (Å²) in [7, 11) is 0. The number of ether oxygens (including phenoxy) is 1. The lowest BCUT2D eigenvalue weighted by molar-refractivity contribution is 0.107. The number of anilines is 1. The predicted octanol–water partition coefficient (Wildman–Crippen LogP) is 4.49. The maximum absolute atomic E-state index is 13.8. The van der Waals surface area contributed by atoms with Gasteiger partial charge in [-0.05, 0) is 35.7 Å². The van der Waals surface area contributed by atoms with E-state index in [1.54, 1.807) is 18.2 Å². The van der Waals surface area contributed by atoms with Crippen LogP contribution in [0.1, 0.15) is 28.7 Å². The minimum absolute atomic E-state index is 0.135. The summed E-state index contributed by atoms with van der Waals surface area (Å²) in [6.07, 6.45) is 0.658. The van der Waals surface area contributed by atoms with Crippen molar-refractivity contribution < 1.29 is 17.9 Å². The third kappa shape index (κ3) is 3.96. The number of hydrogen-bond donors (Lipinski definition) is 1. The molecule has 0 bridgehead atoms. The zero-order valence-electron chi connectivity index (χ0n) is 14.2. The molecule has 0 amide bonds. The van der Waals surface area contributed by atoms with Gasteiger partial charge in [-0.3, -0.25) is 0 Å². The van der Waals surface area contributed by atoms with Crippen LogP contribution >= 0.6 is 11.3 Å². The molecule has 0 spiro atoms. The third-order valence-corrected chi connectivity index (χ3v) is 5.29. The monoisotopic (exact) mass is 391 g/mol. The predicted molar refractivity (Wildman–Crippen MR) is 96.2 cm³/mol. The van der Waals surface area contributed by atoms with E-state index >= 15 is 0 Å². The molecular weight excluding hydrogens is 375 g/mol. The zero-order chi connectivity index (χ0) is 18.8. The van der Waals surface area contributed by atoms with Gasteiger partial charge in [0.15, 0.2) is 11.6 Å². The van der Waals surface area contributed by atoms with E-state index in [1.807, 2.05) is 0 Å². The van der Waals surface area contributed by atoms with E-state index in [-0.39, 0.29) is 11.9 Å². The Kier molecular flexibility index (Phi) is 5.09. The van der Waals surface area contributed by atoms with Crippen LogP contribution in [0.4, 0.5) is 18.3 Å². The molecule has 1 aliphatic heterocycles. The van der Waals surface area contributed by atoms with E-state index in [0.29, 0.717) is 40.7 Å². The molecule has 2 atom stereocenters. The highest BCUT2D eigenvalue weighted by Crippen LogP contribution is 2.33. The van der Waals surface area contributed by atoms with Crippen LogP contribution in [0.5, 0.6) is 0 Å². The minimum Gasteiger partial charge on any atom is -0.371 e. The second-order valence-corrected chi connectivity index (χ2v) is 7.34. The van der Waals surface area contributed by atoms with Gasteiger partial charge in [0.25, 0.3) is 0 Å². The molecule has 8 heteroatoms. The molecule has 3 aromatic rings. The minimum atomic E-state index is -0.898. The van der Waals surface area contributed by atoms with E-state index < -0.39 is 17.7 Å². The van der Waals surface area contributed by atoms with Crippen LogP contribution in [0, 0.1) is 17.5 Å². The van der Waals surface area contributed by atoms with Crippen LogP contribution in [0.3, 0.4) is 0 Å². The molecule has 0 aliphatic carbocycles. The highest BCUT2D eigenvalue weighted by atomic mass is 32.1. The van der Waals surface area contributed by atoms with Crippen LogP contribution < -0.4 is 5.32 Å². The number of nitrogens with zero attached hydrogens (tertiary/aromatic N) is 2. The van der Waals surface area contributed by atoms with E-state index in [0.717, 1.165) is 12.1 Å². The van der Waals surface area contributed by atoms with Crippen molar-refractivity contribution in [1.29, 1.82) is 0 Å². The van der Waals surface area contributed by atoms with Crippen molar-refractivity contribution in [2.75, 3.05) is 11.9 Å². The SMILES string of the molecule is Fc1ccc(C2OCCC2Nc2nnc(Cc3ccccc3F)s2)cc1F. The van der Waals surface area contributed by atoms with Gasteiger partial charge in [-0.15, -0.1) is 10.2 Å². The maximum atomic E-state index is 13.8. The summed E-state index contributed by atoms with van der Waals surface area (Å²) in [5.41, 5.74) is 1.13. The van der Waals surface area contributed by atoms with E-state index in [1.165, 1.54) is 23.5 Å². The Hall–Kier alpha value is -2.45. The van der Waals surface area contributed by atoms with Gasteiger partial charge in [-0.1, -0.05) is 35.6 Å². The van der Waals surface area contributed by atoms with Crippen molar-refractivity contribution in [2.45, 2.75) is 25.0 Å². The molecule has 1 fully saturated rings. The van der Waals surface area contributed by atoms with E-state index in [4.69, 9.17) is 4.74 Å². The van der Waals surface area contributed by atoms with Gasteiger partial charge in [0.1, 0.15) is 16.9 Å². The summed E-state index contributed by atoms with van der Waals surface area (Å²) in [5.74, 6) is -2.06. The number of nitrogens with one attached hydrogen (secondary N) is 1. The van der Waals surface area contributed by atoms with Crippen molar-refractivity contribution >= 4 is 16.5 Å². The number of rotatable bonds is 5. The van der Waals surface area contributed by atoms with Gasteiger partial charge in [0.05, 0.1) is 6.04 Å². The van der Waals surface area contributed by atoms with Gasteiger partial charge < -0.3 is 10.1 Å². The number of hydrogen-bond acceptors (Lipinski definition) is 5. The van der Waals surface area contributed by atoms with Gasteiger partial charge in [-0.25, -0.2) is 13.2 Å². The molecule has 140 valence electrons. The molecule has 0 saturated carbocycles. The number of halogens is 3. The Bertz CT molecular complexity index is 949. The fourth-order valence-electron chi connectivity index (χ4n) is 3.10. The molecule has 1 N–H and O–H groups in total.